The number of hydrogen-bond donors (Lipinski definition) is 1. The van der Waals surface area contributed by atoms with Crippen molar-refractivity contribution in [1.82, 2.24) is 0 Å². The molecule has 0 heterocycles. The molecule has 0 fully saturated rings. The minimum Gasteiger partial charge on any atom is -0.495 e. The number of anilines is 1. The molecule has 0 aromatic heterocycles. The summed E-state index contributed by atoms with van der Waals surface area (Å²) in [6.07, 6.45) is 1.30. The topological polar surface area (TPSA) is 80.6 Å². The molecule has 0 atom stereocenters. The van der Waals surface area contributed by atoms with E-state index in [4.69, 9.17) is 9.47 Å². The Kier molecular flexibility index (Phi) is 6.72. The van der Waals surface area contributed by atoms with Crippen molar-refractivity contribution in [2.75, 3.05) is 19.5 Å². The fourth-order valence-electron chi connectivity index (χ4n) is 2.22. The highest BCUT2D eigenvalue weighted by Crippen LogP contribution is 2.30. The lowest BCUT2D eigenvalue weighted by molar-refractivity contribution is -0.112. The molecule has 0 unspecified atom stereocenters. The number of benzene rings is 2. The number of ether oxygens (including phenoxy) is 3. The van der Waals surface area contributed by atoms with Crippen LogP contribution in [0.4, 0.5) is 14.5 Å². The summed E-state index contributed by atoms with van der Waals surface area (Å²) >= 11 is 0. The van der Waals surface area contributed by atoms with E-state index < -0.39 is 12.5 Å². The molecule has 8 heteroatoms. The molecule has 2 aromatic carbocycles. The number of amides is 1. The molecule has 6 nitrogen and oxygen atoms in total. The monoisotopic (exact) mass is 374 g/mol. The highest BCUT2D eigenvalue weighted by Gasteiger charge is 2.14. The summed E-state index contributed by atoms with van der Waals surface area (Å²) in [4.78, 5) is 12.4. The number of nitriles is 1. The number of halogens is 2. The fraction of sp³-hybridized carbons (Fsp3) is 0.158. The van der Waals surface area contributed by atoms with Crippen LogP contribution in [0.3, 0.4) is 0 Å². The zero-order valence-electron chi connectivity index (χ0n) is 14.5. The molecule has 2 aromatic rings. The Labute approximate surface area is 154 Å². The lowest BCUT2D eigenvalue weighted by Gasteiger charge is -2.11. The summed E-state index contributed by atoms with van der Waals surface area (Å²) < 4.78 is 39.2. The number of hydrogen-bond acceptors (Lipinski definition) is 5. The van der Waals surface area contributed by atoms with Gasteiger partial charge < -0.3 is 19.5 Å². The Balaban J connectivity index is 2.27. The number of alkyl halides is 2. The number of carbonyl (C=O) groups excluding carboxylic acids is 1. The van der Waals surface area contributed by atoms with E-state index in [1.165, 1.54) is 38.5 Å². The molecule has 2 rings (SSSR count). The van der Waals surface area contributed by atoms with Crippen molar-refractivity contribution in [3.05, 3.63) is 53.6 Å². The molecule has 0 bridgehead atoms. The van der Waals surface area contributed by atoms with Gasteiger partial charge in [0.1, 0.15) is 17.4 Å². The molecular formula is C19H16F2N2O4. The first kappa shape index (κ1) is 19.7. The zero-order valence-corrected chi connectivity index (χ0v) is 14.5. The third-order valence-electron chi connectivity index (χ3n) is 3.43. The van der Waals surface area contributed by atoms with E-state index in [1.807, 2.05) is 6.07 Å². The molecule has 0 spiro atoms. The van der Waals surface area contributed by atoms with E-state index in [-0.39, 0.29) is 17.1 Å². The SMILES string of the molecule is COc1ccccc1NC(=O)/C(C#N)=C/c1ccc(OC(F)F)c(OC)c1. The predicted octanol–water partition coefficient (Wildman–Crippen LogP) is 3.85. The number of nitrogens with zero attached hydrogens (tertiary/aromatic N) is 1. The van der Waals surface area contributed by atoms with Crippen LogP contribution in [0.25, 0.3) is 6.08 Å². The maximum absolute atomic E-state index is 12.4. The minimum absolute atomic E-state index is 0.0477. The summed E-state index contributed by atoms with van der Waals surface area (Å²) in [5.74, 6) is -0.305. The van der Waals surface area contributed by atoms with Gasteiger partial charge in [0.15, 0.2) is 11.5 Å². The van der Waals surface area contributed by atoms with Gasteiger partial charge in [0.25, 0.3) is 5.91 Å². The summed E-state index contributed by atoms with van der Waals surface area (Å²) in [6, 6.07) is 12.6. The van der Waals surface area contributed by atoms with Gasteiger partial charge in [-0.3, -0.25) is 4.79 Å². The second kappa shape index (κ2) is 9.20. The largest absolute Gasteiger partial charge is 0.495 e. The third-order valence-corrected chi connectivity index (χ3v) is 3.43. The van der Waals surface area contributed by atoms with Crippen LogP contribution in [-0.4, -0.2) is 26.7 Å². The van der Waals surface area contributed by atoms with Gasteiger partial charge in [0, 0.05) is 0 Å². The van der Waals surface area contributed by atoms with Crippen LogP contribution in [0.5, 0.6) is 17.2 Å². The maximum Gasteiger partial charge on any atom is 0.387 e. The minimum atomic E-state index is -3.00. The van der Waals surface area contributed by atoms with Crippen LogP contribution >= 0.6 is 0 Å². The average molecular weight is 374 g/mol. The molecule has 0 aliphatic rings. The van der Waals surface area contributed by atoms with Crippen molar-refractivity contribution >= 4 is 17.7 Å². The van der Waals surface area contributed by atoms with Gasteiger partial charge in [-0.25, -0.2) is 0 Å². The van der Waals surface area contributed by atoms with Crippen LogP contribution in [0.1, 0.15) is 5.56 Å². The molecule has 0 saturated carbocycles. The molecule has 1 N–H and O–H groups in total. The van der Waals surface area contributed by atoms with E-state index in [0.29, 0.717) is 17.0 Å². The quantitative estimate of drug-likeness (QED) is 0.588. The van der Waals surface area contributed by atoms with Gasteiger partial charge in [-0.1, -0.05) is 18.2 Å². The predicted molar refractivity (Wildman–Crippen MR) is 94.8 cm³/mol. The maximum atomic E-state index is 12.4. The van der Waals surface area contributed by atoms with E-state index in [1.54, 1.807) is 24.3 Å². The van der Waals surface area contributed by atoms with Gasteiger partial charge in [-0.05, 0) is 35.9 Å². The summed E-state index contributed by atoms with van der Waals surface area (Å²) in [5, 5.41) is 11.9. The van der Waals surface area contributed by atoms with Crippen molar-refractivity contribution in [2.45, 2.75) is 6.61 Å². The summed E-state index contributed by atoms with van der Waals surface area (Å²) in [6.45, 7) is -3.00. The molecule has 0 aliphatic carbocycles. The molecule has 0 radical (unpaired) electrons. The first-order valence-electron chi connectivity index (χ1n) is 7.67. The lowest BCUT2D eigenvalue weighted by atomic mass is 10.1. The molecule has 0 saturated heterocycles. The van der Waals surface area contributed by atoms with Gasteiger partial charge in [0.2, 0.25) is 0 Å². The van der Waals surface area contributed by atoms with E-state index in [2.05, 4.69) is 10.1 Å². The molecular weight excluding hydrogens is 358 g/mol. The van der Waals surface area contributed by atoms with Gasteiger partial charge in [-0.2, -0.15) is 14.0 Å². The first-order valence-corrected chi connectivity index (χ1v) is 7.67. The van der Waals surface area contributed by atoms with Gasteiger partial charge in [0.05, 0.1) is 19.9 Å². The second-order valence-electron chi connectivity index (χ2n) is 5.11. The normalized spacial score (nSPS) is 10.9. The Morgan fingerprint density at radius 2 is 1.81 bits per heavy atom. The lowest BCUT2D eigenvalue weighted by Crippen LogP contribution is -2.14. The van der Waals surface area contributed by atoms with Crippen molar-refractivity contribution in [3.63, 3.8) is 0 Å². The Morgan fingerprint density at radius 1 is 1.11 bits per heavy atom. The Bertz CT molecular complexity index is 892. The fourth-order valence-corrected chi connectivity index (χ4v) is 2.22. The standard InChI is InChI=1S/C19H16F2N2O4/c1-25-15-6-4-3-5-14(15)23-18(24)13(11-22)9-12-7-8-16(27-19(20)21)17(10-12)26-2/h3-10,19H,1-2H3,(H,23,24)/b13-9+. The van der Waals surface area contributed by atoms with Crippen molar-refractivity contribution in [3.8, 4) is 23.3 Å². The summed E-state index contributed by atoms with van der Waals surface area (Å²) in [5.41, 5.74) is 0.620. The van der Waals surface area contributed by atoms with Crippen molar-refractivity contribution in [2.24, 2.45) is 0 Å². The van der Waals surface area contributed by atoms with Crippen molar-refractivity contribution < 1.29 is 27.8 Å². The summed E-state index contributed by atoms with van der Waals surface area (Å²) in [7, 11) is 2.75. The van der Waals surface area contributed by atoms with E-state index in [0.717, 1.165) is 0 Å². The molecule has 27 heavy (non-hydrogen) atoms. The first-order chi connectivity index (χ1) is 13.0. The van der Waals surface area contributed by atoms with E-state index in [9.17, 15) is 18.8 Å². The highest BCUT2D eigenvalue weighted by molar-refractivity contribution is 6.10. The molecule has 140 valence electrons. The van der Waals surface area contributed by atoms with E-state index >= 15 is 0 Å². The van der Waals surface area contributed by atoms with Crippen molar-refractivity contribution in [1.29, 1.82) is 5.26 Å². The number of carbonyl (C=O) groups is 1. The molecule has 0 aliphatic heterocycles. The number of nitrogens with one attached hydrogen (secondary N) is 1. The zero-order chi connectivity index (χ0) is 19.8. The average Bonchev–Trinajstić information content (AvgIpc) is 2.66. The van der Waals surface area contributed by atoms with Crippen LogP contribution in [-0.2, 0) is 4.79 Å². The number of methoxy groups -OCH3 is 2. The Morgan fingerprint density at radius 3 is 2.44 bits per heavy atom. The Hall–Kier alpha value is -3.60. The number of para-hydroxylation sites is 2. The van der Waals surface area contributed by atoms with Crippen LogP contribution < -0.4 is 19.5 Å². The second-order valence-corrected chi connectivity index (χ2v) is 5.11. The highest BCUT2D eigenvalue weighted by atomic mass is 19.3. The molecule has 1 amide bonds. The third kappa shape index (κ3) is 5.19. The van der Waals surface area contributed by atoms with Crippen LogP contribution in [0.2, 0.25) is 0 Å². The smallest absolute Gasteiger partial charge is 0.387 e. The van der Waals surface area contributed by atoms with Gasteiger partial charge >= 0.3 is 6.61 Å². The van der Waals surface area contributed by atoms with Crippen LogP contribution in [0, 0.1) is 11.3 Å². The number of rotatable bonds is 7. The van der Waals surface area contributed by atoms with Gasteiger partial charge in [-0.15, -0.1) is 0 Å². The van der Waals surface area contributed by atoms with Crippen LogP contribution in [0.15, 0.2) is 48.0 Å².